The van der Waals surface area contributed by atoms with E-state index < -0.39 is 33.7 Å². The number of unbranched alkanes of at least 4 members (excludes halogenated alkanes) is 7. The van der Waals surface area contributed by atoms with Crippen molar-refractivity contribution in [3.63, 3.8) is 0 Å². The zero-order chi connectivity index (χ0) is 44.7. The SMILES string of the molecule is CCCCCCOC(=O)C(C)(CC)CC(C)(C)C(=O)OCC(O)CNCCNC.CCCCCCOC(=O)C(C)(CC)CC(C)(C)C(=O)OCC1CO1.CCCCN. The highest BCUT2D eigenvalue weighted by molar-refractivity contribution is 5.81. The molecule has 0 radical (unpaired) electrons. The molecule has 5 N–H and O–H groups in total. The van der Waals surface area contributed by atoms with Crippen LogP contribution in [0.5, 0.6) is 0 Å². The Morgan fingerprint density at radius 3 is 1.48 bits per heavy atom. The van der Waals surface area contributed by atoms with E-state index in [9.17, 15) is 24.3 Å². The van der Waals surface area contributed by atoms with Gasteiger partial charge in [-0.1, -0.05) is 79.6 Å². The molecule has 13 heteroatoms. The Morgan fingerprint density at radius 2 is 1.12 bits per heavy atom. The quantitative estimate of drug-likeness (QED) is 0.0236. The molecule has 0 aliphatic carbocycles. The summed E-state index contributed by atoms with van der Waals surface area (Å²) in [5.74, 6) is -1.17. The highest BCUT2D eigenvalue weighted by Crippen LogP contribution is 2.40. The summed E-state index contributed by atoms with van der Waals surface area (Å²) in [6, 6.07) is 0. The van der Waals surface area contributed by atoms with Crippen LogP contribution >= 0.6 is 0 Å². The molecule has 1 aliphatic rings. The Labute approximate surface area is 353 Å². The van der Waals surface area contributed by atoms with Gasteiger partial charge in [-0.15, -0.1) is 0 Å². The molecule has 1 saturated heterocycles. The second-order valence-electron chi connectivity index (χ2n) is 17.6. The minimum atomic E-state index is -0.856. The summed E-state index contributed by atoms with van der Waals surface area (Å²) < 4.78 is 26.6. The van der Waals surface area contributed by atoms with Crippen LogP contribution in [0.25, 0.3) is 0 Å². The minimum absolute atomic E-state index is 0.0513. The van der Waals surface area contributed by atoms with Crippen LogP contribution < -0.4 is 16.4 Å². The molecule has 0 saturated carbocycles. The third-order valence-electron chi connectivity index (χ3n) is 10.5. The Hall–Kier alpha value is -2.32. The molecule has 1 aliphatic heterocycles. The van der Waals surface area contributed by atoms with Crippen LogP contribution in [-0.2, 0) is 42.9 Å². The van der Waals surface area contributed by atoms with Crippen LogP contribution in [0.1, 0.15) is 166 Å². The minimum Gasteiger partial charge on any atom is -0.465 e. The number of carbonyl (C=O) groups excluding carboxylic acids is 4. The Balaban J connectivity index is 0. The largest absolute Gasteiger partial charge is 0.465 e. The lowest BCUT2D eigenvalue weighted by Gasteiger charge is -2.33. The number of likely N-dealkylation sites (N-methyl/N-ethyl adjacent to an activating group) is 1. The molecule has 344 valence electrons. The fraction of sp³-hybridized carbons (Fsp3) is 0.911. The van der Waals surface area contributed by atoms with Crippen molar-refractivity contribution < 1.29 is 48.0 Å². The van der Waals surface area contributed by atoms with E-state index in [1.165, 1.54) is 12.8 Å². The summed E-state index contributed by atoms with van der Waals surface area (Å²) in [5.41, 5.74) is 2.12. The van der Waals surface area contributed by atoms with Crippen molar-refractivity contribution in [2.75, 3.05) is 66.3 Å². The molecule has 0 aromatic carbocycles. The highest BCUT2D eigenvalue weighted by atomic mass is 16.6. The first-order chi connectivity index (χ1) is 27.3. The number of esters is 4. The molecule has 0 amide bonds. The number of carbonyl (C=O) groups is 4. The van der Waals surface area contributed by atoms with Crippen molar-refractivity contribution in [1.29, 1.82) is 0 Å². The maximum absolute atomic E-state index is 12.6. The summed E-state index contributed by atoms with van der Waals surface area (Å²) in [4.78, 5) is 50.0. The van der Waals surface area contributed by atoms with Gasteiger partial charge in [0.1, 0.15) is 25.4 Å². The van der Waals surface area contributed by atoms with E-state index >= 15 is 0 Å². The van der Waals surface area contributed by atoms with Gasteiger partial charge in [0.2, 0.25) is 0 Å². The summed E-state index contributed by atoms with van der Waals surface area (Å²) in [6.07, 6.45) is 12.1. The van der Waals surface area contributed by atoms with Crippen molar-refractivity contribution in [2.45, 2.75) is 178 Å². The first-order valence-corrected chi connectivity index (χ1v) is 22.3. The number of aliphatic hydroxyl groups is 1. The Bertz CT molecular complexity index is 1100. The third-order valence-corrected chi connectivity index (χ3v) is 10.5. The molecule has 58 heavy (non-hydrogen) atoms. The second kappa shape index (κ2) is 32.5. The van der Waals surface area contributed by atoms with Crippen molar-refractivity contribution >= 4 is 23.9 Å². The number of hydrogen-bond donors (Lipinski definition) is 4. The third kappa shape index (κ3) is 26.7. The number of nitrogens with two attached hydrogens (primary N) is 1. The van der Waals surface area contributed by atoms with E-state index in [0.717, 1.165) is 71.0 Å². The molecular formula is C45H89N3O10. The number of epoxide rings is 1. The zero-order valence-corrected chi connectivity index (χ0v) is 39.1. The number of ether oxygens (including phenoxy) is 5. The molecule has 0 bridgehead atoms. The lowest BCUT2D eigenvalue weighted by atomic mass is 9.72. The molecular weight excluding hydrogens is 743 g/mol. The number of nitrogens with one attached hydrogen (secondary N) is 2. The summed E-state index contributed by atoms with van der Waals surface area (Å²) in [7, 11) is 1.86. The molecule has 1 rings (SSSR count). The van der Waals surface area contributed by atoms with Crippen molar-refractivity contribution in [1.82, 2.24) is 10.6 Å². The standard InChI is InChI=1S/C22H44N2O5.C19H34O5.C4H11N/c1-7-9-10-11-14-28-20(27)22(5,8-2)17-21(3,4)19(26)29-16-18(25)15-24-13-12-23-6;1-6-8-9-10-11-22-17(21)19(5,7-2)14-18(3,4)16(20)24-13-15-12-23-15;1-2-3-4-5/h18,23-25H,7-17H2,1-6H3;15H,6-14H2,1-5H3;2-5H2,1H3. The fourth-order valence-electron chi connectivity index (χ4n) is 6.15. The molecule has 1 fully saturated rings. The predicted octanol–water partition coefficient (Wildman–Crippen LogP) is 7.29. The van der Waals surface area contributed by atoms with E-state index in [2.05, 4.69) is 31.4 Å². The van der Waals surface area contributed by atoms with Crippen molar-refractivity contribution in [2.24, 2.45) is 27.4 Å². The van der Waals surface area contributed by atoms with Gasteiger partial charge < -0.3 is 45.2 Å². The molecule has 1 heterocycles. The van der Waals surface area contributed by atoms with Gasteiger partial charge >= 0.3 is 23.9 Å². The smallest absolute Gasteiger partial charge is 0.311 e. The first kappa shape index (κ1) is 57.8. The van der Waals surface area contributed by atoms with E-state index in [0.29, 0.717) is 58.7 Å². The number of hydrogen-bond acceptors (Lipinski definition) is 13. The molecule has 4 unspecified atom stereocenters. The highest BCUT2D eigenvalue weighted by Gasteiger charge is 2.44. The van der Waals surface area contributed by atoms with Crippen LogP contribution in [0.15, 0.2) is 0 Å². The Kier molecular flexibility index (Phi) is 32.3. The maximum atomic E-state index is 12.6. The number of rotatable bonds is 31. The van der Waals surface area contributed by atoms with Crippen molar-refractivity contribution in [3.05, 3.63) is 0 Å². The van der Waals surface area contributed by atoms with Crippen LogP contribution in [0.2, 0.25) is 0 Å². The average Bonchev–Trinajstić information content (AvgIpc) is 4.02. The zero-order valence-electron chi connectivity index (χ0n) is 39.1. The van der Waals surface area contributed by atoms with Gasteiger partial charge in [0.05, 0.1) is 41.5 Å². The summed E-state index contributed by atoms with van der Waals surface area (Å²) >= 11 is 0. The van der Waals surface area contributed by atoms with Gasteiger partial charge in [0, 0.05) is 19.6 Å². The monoisotopic (exact) mass is 832 g/mol. The van der Waals surface area contributed by atoms with Gasteiger partial charge in [0.25, 0.3) is 0 Å². The van der Waals surface area contributed by atoms with Crippen LogP contribution in [0.4, 0.5) is 0 Å². The first-order valence-electron chi connectivity index (χ1n) is 22.3. The Morgan fingerprint density at radius 1 is 0.672 bits per heavy atom. The maximum Gasteiger partial charge on any atom is 0.311 e. The van der Waals surface area contributed by atoms with Crippen LogP contribution in [0.3, 0.4) is 0 Å². The van der Waals surface area contributed by atoms with E-state index in [4.69, 9.17) is 29.4 Å². The van der Waals surface area contributed by atoms with Crippen molar-refractivity contribution in [3.8, 4) is 0 Å². The van der Waals surface area contributed by atoms with E-state index in [1.54, 1.807) is 13.8 Å². The van der Waals surface area contributed by atoms with Gasteiger partial charge in [-0.2, -0.15) is 0 Å². The normalized spacial score (nSPS) is 16.2. The fourth-order valence-corrected chi connectivity index (χ4v) is 6.15. The lowest BCUT2D eigenvalue weighted by Crippen LogP contribution is -2.40. The van der Waals surface area contributed by atoms with E-state index in [-0.39, 0.29) is 30.6 Å². The van der Waals surface area contributed by atoms with Crippen LogP contribution in [-0.4, -0.2) is 107 Å². The van der Waals surface area contributed by atoms with Crippen LogP contribution in [0, 0.1) is 21.7 Å². The van der Waals surface area contributed by atoms with Gasteiger partial charge in [-0.05, 0) is 100 Å². The molecule has 0 aromatic rings. The predicted molar refractivity (Wildman–Crippen MR) is 232 cm³/mol. The molecule has 0 aromatic heterocycles. The molecule has 0 spiro atoms. The molecule has 13 nitrogen and oxygen atoms in total. The average molecular weight is 832 g/mol. The second-order valence-corrected chi connectivity index (χ2v) is 17.6. The van der Waals surface area contributed by atoms with Gasteiger partial charge in [-0.3, -0.25) is 19.2 Å². The topological polar surface area (TPSA) is 188 Å². The summed E-state index contributed by atoms with van der Waals surface area (Å²) in [5, 5.41) is 16.0. The van der Waals surface area contributed by atoms with E-state index in [1.807, 2.05) is 48.6 Å². The summed E-state index contributed by atoms with van der Waals surface area (Å²) in [6.45, 7) is 25.7. The lowest BCUT2D eigenvalue weighted by molar-refractivity contribution is -0.165. The van der Waals surface area contributed by atoms with Gasteiger partial charge in [0.15, 0.2) is 0 Å². The number of aliphatic hydroxyl groups excluding tert-OH is 1. The molecule has 4 atom stereocenters. The van der Waals surface area contributed by atoms with Gasteiger partial charge in [-0.25, -0.2) is 0 Å².